The fraction of sp³-hybridized carbons (Fsp3) is 0.345. The van der Waals surface area contributed by atoms with E-state index in [1.54, 1.807) is 18.2 Å². The Morgan fingerprint density at radius 1 is 1.20 bits per heavy atom. The van der Waals surface area contributed by atoms with Crippen molar-refractivity contribution in [3.63, 3.8) is 0 Å². The van der Waals surface area contributed by atoms with Gasteiger partial charge in [0.1, 0.15) is 29.5 Å². The number of aromatic nitrogens is 3. The zero-order chi connectivity index (χ0) is 28.0. The molecule has 0 saturated carbocycles. The van der Waals surface area contributed by atoms with Gasteiger partial charge in [0.15, 0.2) is 11.3 Å². The largest absolute Gasteiger partial charge is 0.487 e. The van der Waals surface area contributed by atoms with Gasteiger partial charge in [0.25, 0.3) is 0 Å². The predicted octanol–water partition coefficient (Wildman–Crippen LogP) is 6.06. The van der Waals surface area contributed by atoms with Gasteiger partial charge >= 0.3 is 5.97 Å². The summed E-state index contributed by atoms with van der Waals surface area (Å²) in [6.07, 6.45) is 1.78. The summed E-state index contributed by atoms with van der Waals surface area (Å²) in [5.74, 6) is -0.211. The SMILES string of the molecule is C[C@H]1c2cc(OCc3ccc(Cl)cc3F)c(Cl)cc2CCN1Cc1nc2ccc(C(=O)O)nc2n1C[C@@H]1CCO1. The highest BCUT2D eigenvalue weighted by Crippen LogP contribution is 2.38. The molecule has 4 aromatic rings. The Kier molecular flexibility index (Phi) is 7.39. The maximum Gasteiger partial charge on any atom is 0.354 e. The van der Waals surface area contributed by atoms with Gasteiger partial charge < -0.3 is 19.1 Å². The van der Waals surface area contributed by atoms with Gasteiger partial charge in [0, 0.05) is 29.8 Å². The average Bonchev–Trinajstić information content (AvgIpc) is 3.23. The topological polar surface area (TPSA) is 89.7 Å². The zero-order valence-corrected chi connectivity index (χ0v) is 23.3. The molecule has 2 aliphatic rings. The number of ether oxygens (including phenoxy) is 2. The number of hydrogen-bond acceptors (Lipinski definition) is 6. The van der Waals surface area contributed by atoms with Crippen molar-refractivity contribution in [2.45, 2.75) is 51.6 Å². The molecule has 1 fully saturated rings. The zero-order valence-electron chi connectivity index (χ0n) is 21.7. The van der Waals surface area contributed by atoms with Gasteiger partial charge in [-0.15, -0.1) is 0 Å². The second-order valence-electron chi connectivity index (χ2n) is 10.2. The average molecular weight is 585 g/mol. The lowest BCUT2D eigenvalue weighted by Gasteiger charge is -2.36. The van der Waals surface area contributed by atoms with Crippen molar-refractivity contribution in [3.8, 4) is 5.75 Å². The van der Waals surface area contributed by atoms with Crippen molar-refractivity contribution < 1.29 is 23.8 Å². The highest BCUT2D eigenvalue weighted by molar-refractivity contribution is 6.32. The standard InChI is InChI=1S/C29H27Cl2FN4O4/c1-16-21-12-26(40-15-18-2-3-19(30)11-23(18)32)22(31)10-17(21)6-8-35(16)14-27-33-24-4-5-25(29(37)38)34-28(24)36(27)13-20-7-9-39-20/h2-5,10-12,16,20H,6-9,13-15H2,1H3,(H,37,38)/t16-,20-/m0/s1. The monoisotopic (exact) mass is 584 g/mol. The van der Waals surface area contributed by atoms with Gasteiger partial charge in [-0.05, 0) is 67.3 Å². The van der Waals surface area contributed by atoms with E-state index in [9.17, 15) is 14.3 Å². The first-order chi connectivity index (χ1) is 19.3. The van der Waals surface area contributed by atoms with Crippen LogP contribution in [0.15, 0.2) is 42.5 Å². The number of rotatable bonds is 8. The summed E-state index contributed by atoms with van der Waals surface area (Å²) >= 11 is 12.4. The van der Waals surface area contributed by atoms with Gasteiger partial charge in [-0.3, -0.25) is 4.90 Å². The first-order valence-corrected chi connectivity index (χ1v) is 13.9. The minimum atomic E-state index is -1.08. The number of aromatic carboxylic acids is 1. The second kappa shape index (κ2) is 11.0. The van der Waals surface area contributed by atoms with E-state index in [-0.39, 0.29) is 24.4 Å². The number of carboxylic acid groups (broad SMARTS) is 1. The molecule has 208 valence electrons. The smallest absolute Gasteiger partial charge is 0.354 e. The minimum Gasteiger partial charge on any atom is -0.487 e. The molecule has 1 saturated heterocycles. The summed E-state index contributed by atoms with van der Waals surface area (Å²) in [6, 6.07) is 11.6. The minimum absolute atomic E-state index is 0.0158. The van der Waals surface area contributed by atoms with E-state index in [4.69, 9.17) is 37.7 Å². The maximum absolute atomic E-state index is 14.3. The van der Waals surface area contributed by atoms with E-state index < -0.39 is 11.8 Å². The van der Waals surface area contributed by atoms with E-state index in [2.05, 4.69) is 16.8 Å². The van der Waals surface area contributed by atoms with Crippen LogP contribution in [-0.2, 0) is 30.9 Å². The molecule has 0 radical (unpaired) electrons. The molecule has 2 aromatic heterocycles. The lowest BCUT2D eigenvalue weighted by atomic mass is 9.93. The van der Waals surface area contributed by atoms with Crippen LogP contribution in [0.5, 0.6) is 5.75 Å². The van der Waals surface area contributed by atoms with Crippen LogP contribution < -0.4 is 4.74 Å². The number of halogens is 3. The van der Waals surface area contributed by atoms with Crippen LogP contribution in [0.3, 0.4) is 0 Å². The van der Waals surface area contributed by atoms with Gasteiger partial charge in [0.2, 0.25) is 0 Å². The number of carbonyl (C=O) groups is 1. The molecule has 0 aliphatic carbocycles. The Labute approximate surface area is 240 Å². The number of pyridine rings is 1. The van der Waals surface area contributed by atoms with Crippen molar-refractivity contribution in [1.29, 1.82) is 0 Å². The van der Waals surface area contributed by atoms with Crippen molar-refractivity contribution in [1.82, 2.24) is 19.4 Å². The molecule has 0 spiro atoms. The summed E-state index contributed by atoms with van der Waals surface area (Å²) in [5, 5.41) is 10.3. The molecule has 1 N–H and O–H groups in total. The van der Waals surface area contributed by atoms with Crippen molar-refractivity contribution >= 4 is 40.3 Å². The predicted molar refractivity (Wildman–Crippen MR) is 149 cm³/mol. The molecule has 0 bridgehead atoms. The molecule has 2 atom stereocenters. The summed E-state index contributed by atoms with van der Waals surface area (Å²) in [6.45, 7) is 4.77. The Morgan fingerprint density at radius 2 is 2.02 bits per heavy atom. The molecular formula is C29H27Cl2FN4O4. The molecule has 6 rings (SSSR count). The van der Waals surface area contributed by atoms with Gasteiger partial charge in [0.05, 0.1) is 24.2 Å². The van der Waals surface area contributed by atoms with Gasteiger partial charge in [-0.1, -0.05) is 29.3 Å². The number of carboxylic acids is 1. The summed E-state index contributed by atoms with van der Waals surface area (Å²) < 4.78 is 27.9. The lowest BCUT2D eigenvalue weighted by Crippen LogP contribution is -2.36. The fourth-order valence-electron chi connectivity index (χ4n) is 5.28. The highest BCUT2D eigenvalue weighted by Gasteiger charge is 2.29. The first kappa shape index (κ1) is 27.0. The number of benzene rings is 2. The molecule has 40 heavy (non-hydrogen) atoms. The summed E-state index contributed by atoms with van der Waals surface area (Å²) in [7, 11) is 0. The molecule has 0 amide bonds. The third kappa shape index (κ3) is 5.26. The van der Waals surface area contributed by atoms with Crippen LogP contribution in [0, 0.1) is 5.82 Å². The molecule has 8 nitrogen and oxygen atoms in total. The Hall–Kier alpha value is -3.24. The molecule has 2 aromatic carbocycles. The summed E-state index contributed by atoms with van der Waals surface area (Å²) in [4.78, 5) is 23.1. The number of hydrogen-bond donors (Lipinski definition) is 1. The van der Waals surface area contributed by atoms with Crippen LogP contribution >= 0.6 is 23.2 Å². The quantitative estimate of drug-likeness (QED) is 0.269. The number of fused-ring (bicyclic) bond motifs is 2. The Balaban J connectivity index is 1.26. The van der Waals surface area contributed by atoms with Gasteiger partial charge in [-0.2, -0.15) is 0 Å². The van der Waals surface area contributed by atoms with Crippen LogP contribution in [0.4, 0.5) is 4.39 Å². The van der Waals surface area contributed by atoms with E-state index in [0.29, 0.717) is 45.6 Å². The molecular weight excluding hydrogens is 558 g/mol. The Morgan fingerprint density at radius 3 is 2.75 bits per heavy atom. The molecule has 11 heteroatoms. The third-order valence-electron chi connectivity index (χ3n) is 7.67. The van der Waals surface area contributed by atoms with E-state index >= 15 is 0 Å². The summed E-state index contributed by atoms with van der Waals surface area (Å²) in [5.41, 5.74) is 3.80. The van der Waals surface area contributed by atoms with Crippen LogP contribution in [0.2, 0.25) is 10.0 Å². The fourth-order valence-corrected chi connectivity index (χ4v) is 5.68. The number of imidazole rings is 1. The molecule has 2 aliphatic heterocycles. The van der Waals surface area contributed by atoms with E-state index in [1.807, 2.05) is 16.7 Å². The van der Waals surface area contributed by atoms with Crippen LogP contribution in [0.1, 0.15) is 52.4 Å². The lowest BCUT2D eigenvalue weighted by molar-refractivity contribution is -0.0593. The second-order valence-corrected chi connectivity index (χ2v) is 11.0. The number of nitrogens with zero attached hydrogens (tertiary/aromatic N) is 4. The highest BCUT2D eigenvalue weighted by atomic mass is 35.5. The van der Waals surface area contributed by atoms with Crippen LogP contribution in [-0.4, -0.2) is 49.8 Å². The van der Waals surface area contributed by atoms with Crippen LogP contribution in [0.25, 0.3) is 11.2 Å². The normalized spacial score (nSPS) is 18.9. The van der Waals surface area contributed by atoms with Crippen molar-refractivity contribution in [3.05, 3.63) is 86.5 Å². The van der Waals surface area contributed by atoms with Gasteiger partial charge in [-0.25, -0.2) is 19.2 Å². The maximum atomic E-state index is 14.3. The molecule has 0 unspecified atom stereocenters. The third-order valence-corrected chi connectivity index (χ3v) is 8.20. The Bertz CT molecular complexity index is 1610. The molecule has 4 heterocycles. The van der Waals surface area contributed by atoms with Crippen molar-refractivity contribution in [2.24, 2.45) is 0 Å². The first-order valence-electron chi connectivity index (χ1n) is 13.1. The van der Waals surface area contributed by atoms with E-state index in [0.717, 1.165) is 42.9 Å². The van der Waals surface area contributed by atoms with Crippen molar-refractivity contribution in [2.75, 3.05) is 13.2 Å². The van der Waals surface area contributed by atoms with E-state index in [1.165, 1.54) is 12.1 Å².